The number of halogens is 3. The van der Waals surface area contributed by atoms with Crippen molar-refractivity contribution in [2.75, 3.05) is 69.2 Å². The van der Waals surface area contributed by atoms with Gasteiger partial charge in [-0.1, -0.05) is 0 Å². The van der Waals surface area contributed by atoms with Crippen molar-refractivity contribution in [2.45, 2.75) is 13.1 Å². The van der Waals surface area contributed by atoms with Crippen molar-refractivity contribution in [2.24, 2.45) is 0 Å². The van der Waals surface area contributed by atoms with Crippen LogP contribution in [0.2, 0.25) is 0 Å². The Morgan fingerprint density at radius 2 is 1.47 bits per heavy atom. The Labute approximate surface area is 185 Å². The molecule has 4 rings (SSSR count). The molecule has 3 heterocycles. The number of rotatable bonds is 3. The van der Waals surface area contributed by atoms with Crippen LogP contribution >= 0.6 is 0 Å². The molecule has 2 saturated heterocycles. The number of aryl methyl sites for hydroxylation is 1. The summed E-state index contributed by atoms with van der Waals surface area (Å²) in [5.41, 5.74) is 0.398. The molecule has 0 aliphatic carbocycles. The second kappa shape index (κ2) is 8.93. The van der Waals surface area contributed by atoms with E-state index in [0.29, 0.717) is 32.1 Å². The topological polar surface area (TPSA) is 55.8 Å². The van der Waals surface area contributed by atoms with Gasteiger partial charge in [-0.2, -0.15) is 18.2 Å². The lowest BCUT2D eigenvalue weighted by molar-refractivity contribution is -0.137. The molecular formula is C22H27F3N6O. The number of nitrogens with zero attached hydrogens (tertiary/aromatic N) is 6. The summed E-state index contributed by atoms with van der Waals surface area (Å²) in [5.74, 6) is 1.31. The standard InChI is InChI=1S/C22H27F3N6O/c1-16-15-19(29-9-7-28(2)8-10-29)27-21(26-16)31-13-11-30(12-14-31)20(32)17-3-5-18(6-4-17)22(23,24)25/h3-6,15H,7-14H2,1-2H3. The molecule has 2 aliphatic rings. The maximum atomic E-state index is 12.8. The molecule has 172 valence electrons. The van der Waals surface area contributed by atoms with Gasteiger partial charge < -0.3 is 19.6 Å². The van der Waals surface area contributed by atoms with Crippen molar-refractivity contribution in [1.29, 1.82) is 0 Å². The third-order valence-electron chi connectivity index (χ3n) is 5.97. The van der Waals surface area contributed by atoms with Gasteiger partial charge in [0.15, 0.2) is 0 Å². The quantitative estimate of drug-likeness (QED) is 0.720. The molecule has 32 heavy (non-hydrogen) atoms. The summed E-state index contributed by atoms with van der Waals surface area (Å²) in [5, 5.41) is 0. The van der Waals surface area contributed by atoms with E-state index < -0.39 is 11.7 Å². The van der Waals surface area contributed by atoms with Crippen LogP contribution in [0.3, 0.4) is 0 Å². The van der Waals surface area contributed by atoms with Crippen LogP contribution in [0.4, 0.5) is 24.9 Å². The highest BCUT2D eigenvalue weighted by Gasteiger charge is 2.31. The van der Waals surface area contributed by atoms with Gasteiger partial charge in [-0.05, 0) is 38.2 Å². The Morgan fingerprint density at radius 1 is 0.875 bits per heavy atom. The average molecular weight is 448 g/mol. The summed E-state index contributed by atoms with van der Waals surface area (Å²) in [4.78, 5) is 30.4. The maximum absolute atomic E-state index is 12.8. The summed E-state index contributed by atoms with van der Waals surface area (Å²) in [7, 11) is 2.11. The van der Waals surface area contributed by atoms with Gasteiger partial charge >= 0.3 is 6.18 Å². The molecule has 10 heteroatoms. The van der Waals surface area contributed by atoms with Crippen molar-refractivity contribution >= 4 is 17.7 Å². The van der Waals surface area contributed by atoms with Gasteiger partial charge in [0.2, 0.25) is 5.95 Å². The lowest BCUT2D eigenvalue weighted by Gasteiger charge is -2.36. The SMILES string of the molecule is Cc1cc(N2CCN(C)CC2)nc(N2CCN(C(=O)c3ccc(C(F)(F)F)cc3)CC2)n1. The first-order chi connectivity index (χ1) is 15.2. The van der Waals surface area contributed by atoms with E-state index in [9.17, 15) is 18.0 Å². The van der Waals surface area contributed by atoms with Crippen molar-refractivity contribution in [3.05, 3.63) is 47.2 Å². The molecule has 0 radical (unpaired) electrons. The third-order valence-corrected chi connectivity index (χ3v) is 5.97. The molecule has 2 aromatic rings. The van der Waals surface area contributed by atoms with Crippen LogP contribution in [0.5, 0.6) is 0 Å². The minimum atomic E-state index is -4.41. The molecule has 0 bridgehead atoms. The number of carbonyl (C=O) groups is 1. The summed E-state index contributed by atoms with van der Waals surface area (Å²) in [6.07, 6.45) is -4.41. The highest BCUT2D eigenvalue weighted by Crippen LogP contribution is 2.29. The monoisotopic (exact) mass is 448 g/mol. The minimum Gasteiger partial charge on any atom is -0.354 e. The van der Waals surface area contributed by atoms with E-state index in [1.54, 1.807) is 4.90 Å². The van der Waals surface area contributed by atoms with E-state index in [0.717, 1.165) is 49.8 Å². The molecule has 1 aromatic carbocycles. The number of hydrogen-bond acceptors (Lipinski definition) is 6. The summed E-state index contributed by atoms with van der Waals surface area (Å²) < 4.78 is 38.3. The number of aromatic nitrogens is 2. The average Bonchev–Trinajstić information content (AvgIpc) is 2.78. The molecule has 2 fully saturated rings. The van der Waals surface area contributed by atoms with Crippen LogP contribution in [0.1, 0.15) is 21.6 Å². The van der Waals surface area contributed by atoms with E-state index in [-0.39, 0.29) is 11.5 Å². The fourth-order valence-electron chi connectivity index (χ4n) is 3.97. The molecule has 0 unspecified atom stereocenters. The van der Waals surface area contributed by atoms with Gasteiger partial charge in [0.1, 0.15) is 5.82 Å². The van der Waals surface area contributed by atoms with Gasteiger partial charge in [0, 0.05) is 69.7 Å². The first-order valence-corrected chi connectivity index (χ1v) is 10.7. The molecule has 2 aliphatic heterocycles. The molecule has 0 atom stereocenters. The normalized spacial score (nSPS) is 18.2. The molecule has 0 N–H and O–H groups in total. The van der Waals surface area contributed by atoms with Crippen molar-refractivity contribution < 1.29 is 18.0 Å². The Balaban J connectivity index is 1.40. The number of likely N-dealkylation sites (N-methyl/N-ethyl adjacent to an activating group) is 1. The fourth-order valence-corrected chi connectivity index (χ4v) is 3.97. The molecule has 0 saturated carbocycles. The minimum absolute atomic E-state index is 0.260. The van der Waals surface area contributed by atoms with E-state index in [4.69, 9.17) is 4.98 Å². The number of anilines is 2. The smallest absolute Gasteiger partial charge is 0.354 e. The van der Waals surface area contributed by atoms with Gasteiger partial charge in [-0.25, -0.2) is 4.98 Å². The summed E-state index contributed by atoms with van der Waals surface area (Å²) in [6, 6.07) is 6.38. The van der Waals surface area contributed by atoms with Crippen LogP contribution < -0.4 is 9.80 Å². The second-order valence-corrected chi connectivity index (χ2v) is 8.31. The Morgan fingerprint density at radius 3 is 2.06 bits per heavy atom. The van der Waals surface area contributed by atoms with E-state index >= 15 is 0 Å². The molecular weight excluding hydrogens is 421 g/mol. The number of piperazine rings is 2. The summed E-state index contributed by atoms with van der Waals surface area (Å²) >= 11 is 0. The third kappa shape index (κ3) is 4.95. The number of hydrogen-bond donors (Lipinski definition) is 0. The van der Waals surface area contributed by atoms with Crippen LogP contribution in [0, 0.1) is 6.92 Å². The van der Waals surface area contributed by atoms with Crippen molar-refractivity contribution in [1.82, 2.24) is 19.8 Å². The Kier molecular flexibility index (Phi) is 6.23. The van der Waals surface area contributed by atoms with Gasteiger partial charge in [-0.3, -0.25) is 4.79 Å². The predicted octanol–water partition coefficient (Wildman–Crippen LogP) is 2.52. The highest BCUT2D eigenvalue weighted by atomic mass is 19.4. The first-order valence-electron chi connectivity index (χ1n) is 10.7. The van der Waals surface area contributed by atoms with Gasteiger partial charge in [-0.15, -0.1) is 0 Å². The molecule has 7 nitrogen and oxygen atoms in total. The van der Waals surface area contributed by atoms with Gasteiger partial charge in [0.25, 0.3) is 5.91 Å². The van der Waals surface area contributed by atoms with E-state index in [2.05, 4.69) is 26.7 Å². The lowest BCUT2D eigenvalue weighted by atomic mass is 10.1. The lowest BCUT2D eigenvalue weighted by Crippen LogP contribution is -2.49. The molecule has 0 spiro atoms. The van der Waals surface area contributed by atoms with E-state index in [1.807, 2.05) is 13.0 Å². The largest absolute Gasteiger partial charge is 0.416 e. The zero-order chi connectivity index (χ0) is 22.9. The number of alkyl halides is 3. The van der Waals surface area contributed by atoms with Crippen LogP contribution in [-0.4, -0.2) is 85.1 Å². The van der Waals surface area contributed by atoms with Gasteiger partial charge in [0.05, 0.1) is 5.56 Å². The van der Waals surface area contributed by atoms with Crippen molar-refractivity contribution in [3.8, 4) is 0 Å². The fraction of sp³-hybridized carbons (Fsp3) is 0.500. The van der Waals surface area contributed by atoms with Crippen LogP contribution in [0.15, 0.2) is 30.3 Å². The van der Waals surface area contributed by atoms with Crippen LogP contribution in [-0.2, 0) is 6.18 Å². The van der Waals surface area contributed by atoms with Crippen LogP contribution in [0.25, 0.3) is 0 Å². The zero-order valence-corrected chi connectivity index (χ0v) is 18.3. The first kappa shape index (κ1) is 22.3. The van der Waals surface area contributed by atoms with E-state index in [1.165, 1.54) is 12.1 Å². The predicted molar refractivity (Wildman–Crippen MR) is 116 cm³/mol. The second-order valence-electron chi connectivity index (χ2n) is 8.31. The zero-order valence-electron chi connectivity index (χ0n) is 18.3. The maximum Gasteiger partial charge on any atom is 0.416 e. The highest BCUT2D eigenvalue weighted by molar-refractivity contribution is 5.94. The Bertz CT molecular complexity index is 949. The molecule has 1 aromatic heterocycles. The number of amides is 1. The summed E-state index contributed by atoms with van der Waals surface area (Å²) in [6.45, 7) is 7.82. The number of carbonyl (C=O) groups excluding carboxylic acids is 1. The van der Waals surface area contributed by atoms with Crippen molar-refractivity contribution in [3.63, 3.8) is 0 Å². The Hall–Kier alpha value is -2.88. The molecule has 1 amide bonds. The number of benzene rings is 1.